The smallest absolute Gasteiger partial charge is 0.203 e. The predicted octanol–water partition coefficient (Wildman–Crippen LogP) is 6.16. The van der Waals surface area contributed by atoms with Gasteiger partial charge in [0.2, 0.25) is 9.84 Å². The third-order valence-electron chi connectivity index (χ3n) is 6.76. The molecule has 0 saturated heterocycles. The first-order valence-corrected chi connectivity index (χ1v) is 13.5. The van der Waals surface area contributed by atoms with Crippen molar-refractivity contribution in [1.82, 2.24) is 0 Å². The maximum atomic E-state index is 13.9. The molecule has 0 spiro atoms. The van der Waals surface area contributed by atoms with Crippen LogP contribution in [0, 0.1) is 5.92 Å². The topological polar surface area (TPSA) is 60.4 Å². The van der Waals surface area contributed by atoms with Crippen LogP contribution < -0.4 is 0 Å². The molecule has 5 heteroatoms. The molecular formula is C30H28O4S. The molecule has 0 N–H and O–H groups in total. The maximum Gasteiger partial charge on any atom is 0.203 e. The van der Waals surface area contributed by atoms with Crippen molar-refractivity contribution in [1.29, 1.82) is 0 Å². The lowest BCUT2D eigenvalue weighted by molar-refractivity contribution is -0.117. The summed E-state index contributed by atoms with van der Waals surface area (Å²) in [5.41, 5.74) is 4.05. The highest BCUT2D eigenvalue weighted by molar-refractivity contribution is 7.95. The summed E-state index contributed by atoms with van der Waals surface area (Å²) >= 11 is 0. The van der Waals surface area contributed by atoms with Crippen molar-refractivity contribution >= 4 is 21.2 Å². The summed E-state index contributed by atoms with van der Waals surface area (Å²) in [6.07, 6.45) is 2.73. The Morgan fingerprint density at radius 2 is 1.37 bits per heavy atom. The fourth-order valence-electron chi connectivity index (χ4n) is 5.11. The number of sulfone groups is 1. The van der Waals surface area contributed by atoms with E-state index in [0.717, 1.165) is 29.5 Å². The Balaban J connectivity index is 1.61. The predicted molar refractivity (Wildman–Crippen MR) is 137 cm³/mol. The summed E-state index contributed by atoms with van der Waals surface area (Å²) in [4.78, 5) is 14.5. The minimum Gasteiger partial charge on any atom is -0.376 e. The SMILES string of the molecule is O=C1C(c2ccccc2)=C2CCCCC(S(=O)(=O)c3ccccc3)=C2C1COCc1ccccc1. The summed E-state index contributed by atoms with van der Waals surface area (Å²) < 4.78 is 33.7. The molecule has 0 radical (unpaired) electrons. The van der Waals surface area contributed by atoms with Gasteiger partial charge in [0.25, 0.3) is 0 Å². The van der Waals surface area contributed by atoms with Gasteiger partial charge in [0.1, 0.15) is 0 Å². The fourth-order valence-corrected chi connectivity index (χ4v) is 6.88. The lowest BCUT2D eigenvalue weighted by Gasteiger charge is -2.18. The van der Waals surface area contributed by atoms with Gasteiger partial charge in [-0.05, 0) is 60.1 Å². The molecule has 3 aromatic rings. The van der Waals surface area contributed by atoms with Gasteiger partial charge < -0.3 is 4.74 Å². The van der Waals surface area contributed by atoms with Gasteiger partial charge in [0, 0.05) is 5.57 Å². The average molecular weight is 485 g/mol. The molecule has 35 heavy (non-hydrogen) atoms. The van der Waals surface area contributed by atoms with Crippen LogP contribution in [-0.2, 0) is 26.0 Å². The van der Waals surface area contributed by atoms with Crippen LogP contribution in [0.5, 0.6) is 0 Å². The summed E-state index contributed by atoms with van der Waals surface area (Å²) in [5.74, 6) is -0.674. The Bertz CT molecular complexity index is 1370. The van der Waals surface area contributed by atoms with Crippen molar-refractivity contribution < 1.29 is 17.9 Å². The van der Waals surface area contributed by atoms with Crippen LogP contribution >= 0.6 is 0 Å². The summed E-state index contributed by atoms with van der Waals surface area (Å²) in [6, 6.07) is 28.0. The highest BCUT2D eigenvalue weighted by Gasteiger charge is 2.42. The maximum absolute atomic E-state index is 13.9. The Morgan fingerprint density at radius 1 is 0.771 bits per heavy atom. The van der Waals surface area contributed by atoms with E-state index in [1.807, 2.05) is 66.7 Å². The molecule has 0 fully saturated rings. The van der Waals surface area contributed by atoms with E-state index in [-0.39, 0.29) is 17.3 Å². The number of carbonyl (C=O) groups is 1. The minimum absolute atomic E-state index is 0.0445. The van der Waals surface area contributed by atoms with E-state index in [4.69, 9.17) is 4.74 Å². The van der Waals surface area contributed by atoms with Crippen molar-refractivity contribution in [2.75, 3.05) is 6.61 Å². The number of Topliss-reactive ketones (excluding diaryl/α,β-unsaturated/α-hetero) is 1. The van der Waals surface area contributed by atoms with Crippen molar-refractivity contribution in [2.24, 2.45) is 5.92 Å². The van der Waals surface area contributed by atoms with E-state index in [2.05, 4.69) is 0 Å². The molecule has 0 amide bonds. The van der Waals surface area contributed by atoms with Gasteiger partial charge in [-0.15, -0.1) is 0 Å². The van der Waals surface area contributed by atoms with Gasteiger partial charge in [-0.1, -0.05) is 78.9 Å². The first kappa shape index (κ1) is 23.5. The van der Waals surface area contributed by atoms with E-state index in [0.29, 0.717) is 35.5 Å². The van der Waals surface area contributed by atoms with Crippen molar-refractivity contribution in [2.45, 2.75) is 37.2 Å². The molecule has 0 heterocycles. The van der Waals surface area contributed by atoms with Crippen molar-refractivity contribution in [3.8, 4) is 0 Å². The first-order chi connectivity index (χ1) is 17.1. The average Bonchev–Trinajstić information content (AvgIpc) is 3.02. The van der Waals surface area contributed by atoms with Crippen molar-refractivity contribution in [3.05, 3.63) is 118 Å². The zero-order chi connectivity index (χ0) is 24.3. The molecule has 0 bridgehead atoms. The summed E-state index contributed by atoms with van der Waals surface area (Å²) in [7, 11) is -3.74. The number of rotatable bonds is 7. The zero-order valence-electron chi connectivity index (χ0n) is 19.5. The Morgan fingerprint density at radius 3 is 2.06 bits per heavy atom. The van der Waals surface area contributed by atoms with Gasteiger partial charge in [0.15, 0.2) is 5.78 Å². The van der Waals surface area contributed by atoms with E-state index in [1.165, 1.54) is 0 Å². The standard InChI is InChI=1S/C30H28O4S/c31-30-26(21-34-20-22-12-4-1-5-13-22)29-25(28(30)23-14-6-2-7-15-23)18-10-11-19-27(29)35(32,33)24-16-8-3-9-17-24/h1-9,12-17,26H,10-11,18-21H2. The lowest BCUT2D eigenvalue weighted by atomic mass is 9.97. The summed E-state index contributed by atoms with van der Waals surface area (Å²) in [5, 5.41) is 0. The molecule has 178 valence electrons. The fraction of sp³-hybridized carbons (Fsp3) is 0.233. The van der Waals surface area contributed by atoms with Gasteiger partial charge >= 0.3 is 0 Å². The lowest BCUT2D eigenvalue weighted by Crippen LogP contribution is -2.21. The molecular weight excluding hydrogens is 456 g/mol. The van der Waals surface area contributed by atoms with Crippen LogP contribution in [-0.4, -0.2) is 20.8 Å². The normalized spacial score (nSPS) is 18.5. The van der Waals surface area contributed by atoms with Gasteiger partial charge in [0.05, 0.1) is 28.9 Å². The second kappa shape index (κ2) is 10.1. The molecule has 2 aliphatic rings. The molecule has 0 aliphatic heterocycles. The largest absolute Gasteiger partial charge is 0.376 e. The molecule has 2 aliphatic carbocycles. The van der Waals surface area contributed by atoms with Crippen LogP contribution in [0.15, 0.2) is 112 Å². The number of hydrogen-bond donors (Lipinski definition) is 0. The molecule has 5 rings (SSSR count). The summed E-state index contributed by atoms with van der Waals surface area (Å²) in [6.45, 7) is 0.519. The molecule has 4 nitrogen and oxygen atoms in total. The number of allylic oxidation sites excluding steroid dienone is 3. The zero-order valence-corrected chi connectivity index (χ0v) is 20.3. The second-order valence-corrected chi connectivity index (χ2v) is 11.0. The number of ether oxygens (including phenoxy) is 1. The minimum atomic E-state index is -3.74. The number of ketones is 1. The number of benzene rings is 3. The Hall–Kier alpha value is -3.28. The monoisotopic (exact) mass is 484 g/mol. The Kier molecular flexibility index (Phi) is 6.80. The van der Waals surface area contributed by atoms with Crippen LogP contribution in [0.1, 0.15) is 36.8 Å². The van der Waals surface area contributed by atoms with E-state index in [9.17, 15) is 13.2 Å². The Labute approximate surface area is 206 Å². The molecule has 1 unspecified atom stereocenters. The van der Waals surface area contributed by atoms with Crippen LogP contribution in [0.4, 0.5) is 0 Å². The van der Waals surface area contributed by atoms with Gasteiger partial charge in [-0.3, -0.25) is 4.79 Å². The van der Waals surface area contributed by atoms with Gasteiger partial charge in [-0.2, -0.15) is 0 Å². The van der Waals surface area contributed by atoms with Crippen LogP contribution in [0.2, 0.25) is 0 Å². The third-order valence-corrected chi connectivity index (χ3v) is 8.72. The van der Waals surface area contributed by atoms with E-state index >= 15 is 0 Å². The van der Waals surface area contributed by atoms with E-state index in [1.54, 1.807) is 24.3 Å². The molecule has 0 aromatic heterocycles. The van der Waals surface area contributed by atoms with Crippen LogP contribution in [0.3, 0.4) is 0 Å². The number of carbonyl (C=O) groups excluding carboxylic acids is 1. The molecule has 0 saturated carbocycles. The number of hydrogen-bond acceptors (Lipinski definition) is 4. The highest BCUT2D eigenvalue weighted by Crippen LogP contribution is 2.47. The molecule has 3 aromatic carbocycles. The van der Waals surface area contributed by atoms with Crippen LogP contribution in [0.25, 0.3) is 5.57 Å². The molecule has 1 atom stereocenters. The van der Waals surface area contributed by atoms with E-state index < -0.39 is 15.8 Å². The van der Waals surface area contributed by atoms with Crippen molar-refractivity contribution in [3.63, 3.8) is 0 Å². The van der Waals surface area contributed by atoms with Gasteiger partial charge in [-0.25, -0.2) is 8.42 Å². The first-order valence-electron chi connectivity index (χ1n) is 12.1. The third kappa shape index (κ3) is 4.66. The highest BCUT2D eigenvalue weighted by atomic mass is 32.2. The number of fused-ring (bicyclic) bond motifs is 1. The quantitative estimate of drug-likeness (QED) is 0.403. The second-order valence-electron chi connectivity index (χ2n) is 9.00.